The van der Waals surface area contributed by atoms with Crippen molar-refractivity contribution in [3.8, 4) is 5.75 Å². The molecule has 1 saturated heterocycles. The van der Waals surface area contributed by atoms with Crippen molar-refractivity contribution in [2.24, 2.45) is 0 Å². The molecule has 1 atom stereocenters. The molecular weight excluding hydrogens is 350 g/mol. The summed E-state index contributed by atoms with van der Waals surface area (Å²) in [7, 11) is 1.62. The summed E-state index contributed by atoms with van der Waals surface area (Å²) in [5.41, 5.74) is 2.74. The van der Waals surface area contributed by atoms with Gasteiger partial charge < -0.3 is 10.1 Å². The zero-order chi connectivity index (χ0) is 18.7. The van der Waals surface area contributed by atoms with Crippen LogP contribution in [0.15, 0.2) is 23.6 Å². The first-order chi connectivity index (χ1) is 12.5. The first kappa shape index (κ1) is 18.4. The quantitative estimate of drug-likeness (QED) is 0.845. The van der Waals surface area contributed by atoms with Crippen molar-refractivity contribution in [3.05, 3.63) is 40.4 Å². The minimum atomic E-state index is -0.171. The predicted molar refractivity (Wildman–Crippen MR) is 102 cm³/mol. The van der Waals surface area contributed by atoms with Crippen LogP contribution in [-0.2, 0) is 16.0 Å². The van der Waals surface area contributed by atoms with Gasteiger partial charge in [0.05, 0.1) is 25.3 Å². The Morgan fingerprint density at radius 3 is 2.96 bits per heavy atom. The molecule has 1 aromatic carbocycles. The second kappa shape index (κ2) is 7.86. The van der Waals surface area contributed by atoms with E-state index in [2.05, 4.69) is 10.3 Å². The maximum absolute atomic E-state index is 12.4. The fourth-order valence-electron chi connectivity index (χ4n) is 3.08. The molecule has 1 N–H and O–H groups in total. The van der Waals surface area contributed by atoms with Gasteiger partial charge in [-0.05, 0) is 26.3 Å². The molecule has 2 heterocycles. The van der Waals surface area contributed by atoms with Crippen LogP contribution in [0.3, 0.4) is 0 Å². The first-order valence-electron chi connectivity index (χ1n) is 8.66. The zero-order valence-corrected chi connectivity index (χ0v) is 16.1. The fraction of sp³-hybridized carbons (Fsp3) is 0.421. The molecule has 0 radical (unpaired) electrons. The molecule has 1 fully saturated rings. The maximum Gasteiger partial charge on any atom is 0.228 e. The maximum atomic E-state index is 12.4. The number of hydrogen-bond acceptors (Lipinski definition) is 5. The number of thiazole rings is 1. The summed E-state index contributed by atoms with van der Waals surface area (Å²) < 4.78 is 5.39. The van der Waals surface area contributed by atoms with Crippen molar-refractivity contribution in [2.45, 2.75) is 39.2 Å². The number of nitrogens with one attached hydrogen (secondary N) is 1. The monoisotopic (exact) mass is 373 g/mol. The number of benzene rings is 1. The minimum Gasteiger partial charge on any atom is -0.496 e. The Bertz CT molecular complexity index is 818. The van der Waals surface area contributed by atoms with Crippen molar-refractivity contribution in [1.82, 2.24) is 10.3 Å². The van der Waals surface area contributed by atoms with Crippen molar-refractivity contribution in [3.63, 3.8) is 0 Å². The van der Waals surface area contributed by atoms with Gasteiger partial charge in [-0.2, -0.15) is 0 Å². The third kappa shape index (κ3) is 4.04. The second-order valence-corrected chi connectivity index (χ2v) is 7.32. The fourth-order valence-corrected chi connectivity index (χ4v) is 3.95. The van der Waals surface area contributed by atoms with Crippen LogP contribution in [0.1, 0.15) is 42.6 Å². The molecule has 0 saturated carbocycles. The van der Waals surface area contributed by atoms with E-state index in [4.69, 9.17) is 4.74 Å². The average molecular weight is 373 g/mol. The van der Waals surface area contributed by atoms with Gasteiger partial charge in [0.1, 0.15) is 5.75 Å². The van der Waals surface area contributed by atoms with Gasteiger partial charge in [-0.15, -0.1) is 11.3 Å². The molecule has 1 aromatic heterocycles. The molecule has 0 aliphatic carbocycles. The van der Waals surface area contributed by atoms with E-state index in [0.29, 0.717) is 23.8 Å². The third-order valence-corrected chi connectivity index (χ3v) is 5.33. The number of aryl methyl sites for hydroxylation is 1. The molecule has 7 heteroatoms. The largest absolute Gasteiger partial charge is 0.496 e. The Kier molecular flexibility index (Phi) is 5.56. The van der Waals surface area contributed by atoms with Gasteiger partial charge in [0.25, 0.3) is 0 Å². The molecule has 1 aliphatic rings. The lowest BCUT2D eigenvalue weighted by molar-refractivity contribution is -0.121. The highest BCUT2D eigenvalue weighted by Gasteiger charge is 2.24. The number of rotatable bonds is 6. The van der Waals surface area contributed by atoms with Gasteiger partial charge in [-0.25, -0.2) is 4.98 Å². The number of ether oxygens (including phenoxy) is 1. The van der Waals surface area contributed by atoms with Crippen LogP contribution in [0.5, 0.6) is 5.75 Å². The SMILES string of the molecule is COc1ccc(C)cc1C(C)NC(=O)Cc1csc(N2CCCC2=O)n1. The summed E-state index contributed by atoms with van der Waals surface area (Å²) in [5, 5.41) is 5.53. The van der Waals surface area contributed by atoms with Crippen LogP contribution in [0.2, 0.25) is 0 Å². The molecule has 2 amide bonds. The van der Waals surface area contributed by atoms with E-state index in [-0.39, 0.29) is 24.3 Å². The Labute approximate surface area is 157 Å². The van der Waals surface area contributed by atoms with E-state index in [1.807, 2.05) is 37.4 Å². The van der Waals surface area contributed by atoms with Gasteiger partial charge in [-0.1, -0.05) is 17.7 Å². The van der Waals surface area contributed by atoms with Crippen molar-refractivity contribution < 1.29 is 14.3 Å². The number of anilines is 1. The molecule has 26 heavy (non-hydrogen) atoms. The number of hydrogen-bond donors (Lipinski definition) is 1. The van der Waals surface area contributed by atoms with Crippen molar-refractivity contribution >= 4 is 28.3 Å². The first-order valence-corrected chi connectivity index (χ1v) is 9.54. The van der Waals surface area contributed by atoms with E-state index < -0.39 is 0 Å². The normalized spacial score (nSPS) is 15.2. The molecule has 0 bridgehead atoms. The van der Waals surface area contributed by atoms with Gasteiger partial charge in [0.15, 0.2) is 5.13 Å². The average Bonchev–Trinajstić information content (AvgIpc) is 3.23. The van der Waals surface area contributed by atoms with Crippen molar-refractivity contribution in [1.29, 1.82) is 0 Å². The van der Waals surface area contributed by atoms with Crippen LogP contribution in [0.4, 0.5) is 5.13 Å². The zero-order valence-electron chi connectivity index (χ0n) is 15.2. The topological polar surface area (TPSA) is 71.5 Å². The summed E-state index contributed by atoms with van der Waals surface area (Å²) in [6.45, 7) is 4.65. The summed E-state index contributed by atoms with van der Waals surface area (Å²) in [4.78, 5) is 30.4. The highest BCUT2D eigenvalue weighted by Crippen LogP contribution is 2.27. The van der Waals surface area contributed by atoms with Crippen LogP contribution >= 0.6 is 11.3 Å². The molecule has 0 spiro atoms. The number of amides is 2. The number of carbonyl (C=O) groups excluding carboxylic acids is 2. The Hall–Kier alpha value is -2.41. The molecule has 2 aromatic rings. The van der Waals surface area contributed by atoms with E-state index in [9.17, 15) is 9.59 Å². The summed E-state index contributed by atoms with van der Waals surface area (Å²) in [6, 6.07) is 5.74. The molecule has 1 unspecified atom stereocenters. The summed E-state index contributed by atoms with van der Waals surface area (Å²) in [6.07, 6.45) is 1.63. The van der Waals surface area contributed by atoms with E-state index in [0.717, 1.165) is 23.3 Å². The van der Waals surface area contributed by atoms with Gasteiger partial charge in [-0.3, -0.25) is 14.5 Å². The van der Waals surface area contributed by atoms with E-state index in [1.165, 1.54) is 11.3 Å². The molecule has 6 nitrogen and oxygen atoms in total. The standard InChI is InChI=1S/C19H23N3O3S/c1-12-6-7-16(25-3)15(9-12)13(2)20-17(23)10-14-11-26-19(21-14)22-8-4-5-18(22)24/h6-7,9,11,13H,4-5,8,10H2,1-3H3,(H,20,23). The summed E-state index contributed by atoms with van der Waals surface area (Å²) >= 11 is 1.41. The number of nitrogens with zero attached hydrogens (tertiary/aromatic N) is 2. The van der Waals surface area contributed by atoms with Crippen molar-refractivity contribution in [2.75, 3.05) is 18.6 Å². The molecule has 3 rings (SSSR count). The van der Waals surface area contributed by atoms with Gasteiger partial charge in [0.2, 0.25) is 11.8 Å². The van der Waals surface area contributed by atoms with Crippen LogP contribution < -0.4 is 15.0 Å². The van der Waals surface area contributed by atoms with E-state index in [1.54, 1.807) is 12.0 Å². The minimum absolute atomic E-state index is 0.106. The predicted octanol–water partition coefficient (Wildman–Crippen LogP) is 3.01. The Morgan fingerprint density at radius 1 is 1.46 bits per heavy atom. The Balaban J connectivity index is 1.63. The van der Waals surface area contributed by atoms with Gasteiger partial charge in [0, 0.05) is 23.9 Å². The smallest absolute Gasteiger partial charge is 0.228 e. The lowest BCUT2D eigenvalue weighted by Crippen LogP contribution is -2.28. The molecular formula is C19H23N3O3S. The second-order valence-electron chi connectivity index (χ2n) is 6.48. The Morgan fingerprint density at radius 2 is 2.27 bits per heavy atom. The van der Waals surface area contributed by atoms with Crippen LogP contribution in [0.25, 0.3) is 0 Å². The lowest BCUT2D eigenvalue weighted by Gasteiger charge is -2.18. The highest BCUT2D eigenvalue weighted by atomic mass is 32.1. The lowest BCUT2D eigenvalue weighted by atomic mass is 10.0. The van der Waals surface area contributed by atoms with Crippen LogP contribution in [-0.4, -0.2) is 30.5 Å². The van der Waals surface area contributed by atoms with Crippen LogP contribution in [0, 0.1) is 6.92 Å². The number of carbonyl (C=O) groups is 2. The number of aromatic nitrogens is 1. The molecule has 138 valence electrons. The molecule has 1 aliphatic heterocycles. The number of methoxy groups -OCH3 is 1. The summed E-state index contributed by atoms with van der Waals surface area (Å²) in [5.74, 6) is 0.757. The highest BCUT2D eigenvalue weighted by molar-refractivity contribution is 7.14. The third-order valence-electron chi connectivity index (χ3n) is 4.41. The van der Waals surface area contributed by atoms with E-state index >= 15 is 0 Å². The van der Waals surface area contributed by atoms with Gasteiger partial charge >= 0.3 is 0 Å².